The van der Waals surface area contributed by atoms with Gasteiger partial charge < -0.3 is 14.9 Å². The number of carbonyl (C=O) groups is 1. The fourth-order valence-corrected chi connectivity index (χ4v) is 10.1. The maximum Gasteiger partial charge on any atom is 0.331 e. The van der Waals surface area contributed by atoms with Gasteiger partial charge in [0.2, 0.25) is 0 Å². The van der Waals surface area contributed by atoms with Crippen LogP contribution in [0, 0.1) is 34.5 Å². The highest BCUT2D eigenvalue weighted by atomic mass is 32.2. The van der Waals surface area contributed by atoms with Crippen molar-refractivity contribution in [3.8, 4) is 0 Å². The molecule has 174 valence electrons. The summed E-state index contributed by atoms with van der Waals surface area (Å²) >= 11 is 2.08. The summed E-state index contributed by atoms with van der Waals surface area (Å²) in [6.07, 6.45) is 13.1. The minimum atomic E-state index is -0.603. The van der Waals surface area contributed by atoms with E-state index in [1.807, 2.05) is 0 Å². The summed E-state index contributed by atoms with van der Waals surface area (Å²) in [5, 5.41) is 22.1. The zero-order valence-electron chi connectivity index (χ0n) is 19.3. The van der Waals surface area contributed by atoms with Crippen LogP contribution in [0.25, 0.3) is 0 Å². The Hall–Kier alpha value is -0.520. The van der Waals surface area contributed by atoms with Gasteiger partial charge in [0.1, 0.15) is 6.61 Å². The van der Waals surface area contributed by atoms with Gasteiger partial charge in [-0.05, 0) is 105 Å². The molecule has 0 aromatic carbocycles. The zero-order chi connectivity index (χ0) is 21.9. The Bertz CT molecular complexity index is 752. The Kier molecular flexibility index (Phi) is 5.79. The zero-order valence-corrected chi connectivity index (χ0v) is 20.1. The van der Waals surface area contributed by atoms with Crippen molar-refractivity contribution >= 4 is 17.7 Å². The second kappa shape index (κ2) is 8.06. The second-order valence-corrected chi connectivity index (χ2v) is 13.0. The van der Waals surface area contributed by atoms with Gasteiger partial charge in [0.05, 0.1) is 5.60 Å². The molecule has 5 rings (SSSR count). The molecule has 0 amide bonds. The summed E-state index contributed by atoms with van der Waals surface area (Å²) in [4.78, 5) is 11.7. The molecule has 1 aliphatic heterocycles. The molecule has 0 unspecified atom stereocenters. The number of aliphatic hydroxyl groups excluding tert-OH is 1. The van der Waals surface area contributed by atoms with Gasteiger partial charge in [0, 0.05) is 23.3 Å². The molecule has 0 spiro atoms. The molecule has 0 saturated heterocycles. The minimum absolute atomic E-state index is 0.130. The van der Waals surface area contributed by atoms with Crippen molar-refractivity contribution in [3.05, 3.63) is 11.6 Å². The Morgan fingerprint density at radius 1 is 1.10 bits per heavy atom. The monoisotopic (exact) mass is 448 g/mol. The maximum atomic E-state index is 12.3. The Morgan fingerprint density at radius 2 is 1.94 bits per heavy atom. The molecule has 4 saturated carbocycles. The SMILES string of the molecule is C[C@]12CC[C@H](SCCCO)C[C@H]1CC[C@@H]1[C@@H]2CC[C@]2(C)[C@@H](C3=CC(=O)OC3)CC[C@]12O. The molecule has 0 aromatic rings. The first-order valence-corrected chi connectivity index (χ1v) is 13.7. The molecule has 5 heteroatoms. The maximum absolute atomic E-state index is 12.3. The summed E-state index contributed by atoms with van der Waals surface area (Å²) in [5.41, 5.74) is 0.752. The lowest BCUT2D eigenvalue weighted by atomic mass is 9.43. The van der Waals surface area contributed by atoms with Gasteiger partial charge in [-0.2, -0.15) is 11.8 Å². The summed E-state index contributed by atoms with van der Waals surface area (Å²) in [6.45, 7) is 5.60. The first kappa shape index (κ1) is 22.3. The molecule has 0 aromatic heterocycles. The van der Waals surface area contributed by atoms with Gasteiger partial charge >= 0.3 is 5.97 Å². The molecular formula is C26H40O4S. The average molecular weight is 449 g/mol. The standard InChI is InChI=1S/C26H40O4S/c1-24-9-6-19(31-13-3-12-27)15-18(24)4-5-22-21(24)7-10-25(2)20(8-11-26(22,25)29)17-14-23(28)30-16-17/h14,18-22,27,29H,3-13,15-16H2,1-2H3/t18-,19+,20-,21+,22-,24+,25-,26+/m1/s1. The van der Waals surface area contributed by atoms with Crippen molar-refractivity contribution in [2.75, 3.05) is 19.0 Å². The largest absolute Gasteiger partial charge is 0.458 e. The van der Waals surface area contributed by atoms with E-state index in [1.165, 1.54) is 32.1 Å². The highest BCUT2D eigenvalue weighted by Gasteiger charge is 2.67. The lowest BCUT2D eigenvalue weighted by molar-refractivity contribution is -0.203. The van der Waals surface area contributed by atoms with E-state index in [0.717, 1.165) is 54.6 Å². The number of esters is 1. The first-order valence-electron chi connectivity index (χ1n) is 12.6. The molecule has 8 atom stereocenters. The highest BCUT2D eigenvalue weighted by molar-refractivity contribution is 7.99. The van der Waals surface area contributed by atoms with Crippen LogP contribution in [0.3, 0.4) is 0 Å². The third kappa shape index (κ3) is 3.35. The Labute approximate surface area is 191 Å². The van der Waals surface area contributed by atoms with E-state index in [4.69, 9.17) is 9.84 Å². The van der Waals surface area contributed by atoms with E-state index in [9.17, 15) is 9.90 Å². The van der Waals surface area contributed by atoms with Crippen LogP contribution < -0.4 is 0 Å². The van der Waals surface area contributed by atoms with Gasteiger partial charge in [0.15, 0.2) is 0 Å². The van der Waals surface area contributed by atoms with Crippen molar-refractivity contribution in [1.29, 1.82) is 0 Å². The Balaban J connectivity index is 1.34. The van der Waals surface area contributed by atoms with Crippen molar-refractivity contribution in [2.24, 2.45) is 34.5 Å². The van der Waals surface area contributed by atoms with Crippen molar-refractivity contribution in [2.45, 2.75) is 88.9 Å². The number of aliphatic hydroxyl groups is 2. The third-order valence-corrected chi connectivity index (χ3v) is 12.0. The van der Waals surface area contributed by atoms with Gasteiger partial charge in [0.25, 0.3) is 0 Å². The highest BCUT2D eigenvalue weighted by Crippen LogP contribution is 2.70. The lowest BCUT2D eigenvalue weighted by Gasteiger charge is -2.64. The number of cyclic esters (lactones) is 1. The van der Waals surface area contributed by atoms with Crippen molar-refractivity contribution in [3.63, 3.8) is 0 Å². The van der Waals surface area contributed by atoms with E-state index < -0.39 is 5.60 Å². The summed E-state index contributed by atoms with van der Waals surface area (Å²) in [6, 6.07) is 0. The average Bonchev–Trinajstić information content (AvgIpc) is 3.28. The van der Waals surface area contributed by atoms with E-state index in [-0.39, 0.29) is 17.3 Å². The predicted molar refractivity (Wildman–Crippen MR) is 124 cm³/mol. The molecular weight excluding hydrogens is 408 g/mol. The molecule has 5 aliphatic rings. The van der Waals surface area contributed by atoms with E-state index >= 15 is 0 Å². The molecule has 4 aliphatic carbocycles. The normalized spacial score (nSPS) is 49.1. The molecule has 4 fully saturated rings. The number of carbonyl (C=O) groups excluding carboxylic acids is 1. The fourth-order valence-electron chi connectivity index (χ4n) is 8.84. The molecule has 0 radical (unpaired) electrons. The van der Waals surface area contributed by atoms with Gasteiger partial charge in [-0.25, -0.2) is 4.79 Å². The minimum Gasteiger partial charge on any atom is -0.458 e. The van der Waals surface area contributed by atoms with Crippen LogP contribution in [0.4, 0.5) is 0 Å². The predicted octanol–water partition coefficient (Wildman–Crippen LogP) is 4.73. The van der Waals surface area contributed by atoms with Crippen LogP contribution in [0.2, 0.25) is 0 Å². The van der Waals surface area contributed by atoms with Crippen LogP contribution in [0.1, 0.15) is 78.1 Å². The van der Waals surface area contributed by atoms with Crippen molar-refractivity contribution < 1.29 is 19.7 Å². The van der Waals surface area contributed by atoms with E-state index in [1.54, 1.807) is 6.08 Å². The molecule has 1 heterocycles. The first-order chi connectivity index (χ1) is 14.8. The third-order valence-electron chi connectivity index (χ3n) is 10.6. The van der Waals surface area contributed by atoms with E-state index in [2.05, 4.69) is 25.6 Å². The smallest absolute Gasteiger partial charge is 0.331 e. The molecule has 4 nitrogen and oxygen atoms in total. The molecule has 2 N–H and O–H groups in total. The number of fused-ring (bicyclic) bond motifs is 5. The van der Waals surface area contributed by atoms with Crippen LogP contribution >= 0.6 is 11.8 Å². The summed E-state index contributed by atoms with van der Waals surface area (Å²) < 4.78 is 5.24. The van der Waals surface area contributed by atoms with Gasteiger partial charge in [-0.15, -0.1) is 0 Å². The lowest BCUT2D eigenvalue weighted by Crippen LogP contribution is -2.62. The van der Waals surface area contributed by atoms with Gasteiger partial charge in [-0.3, -0.25) is 0 Å². The van der Waals surface area contributed by atoms with Crippen LogP contribution in [0.5, 0.6) is 0 Å². The molecule has 0 bridgehead atoms. The number of thioether (sulfide) groups is 1. The van der Waals surface area contributed by atoms with Crippen LogP contribution in [-0.2, 0) is 9.53 Å². The number of ether oxygens (including phenoxy) is 1. The topological polar surface area (TPSA) is 66.8 Å². The quantitative estimate of drug-likeness (QED) is 0.470. The number of hydrogen-bond acceptors (Lipinski definition) is 5. The van der Waals surface area contributed by atoms with Gasteiger partial charge in [-0.1, -0.05) is 13.8 Å². The molecule has 31 heavy (non-hydrogen) atoms. The second-order valence-electron chi connectivity index (χ2n) is 11.6. The fraction of sp³-hybridized carbons (Fsp3) is 0.885. The van der Waals surface area contributed by atoms with E-state index in [0.29, 0.717) is 30.5 Å². The summed E-state index contributed by atoms with van der Waals surface area (Å²) in [5.74, 6) is 2.97. The number of hydrogen-bond donors (Lipinski definition) is 2. The Morgan fingerprint density at radius 3 is 2.68 bits per heavy atom. The van der Waals surface area contributed by atoms with Crippen LogP contribution in [-0.4, -0.2) is 46.0 Å². The van der Waals surface area contributed by atoms with Crippen molar-refractivity contribution in [1.82, 2.24) is 0 Å². The summed E-state index contributed by atoms with van der Waals surface area (Å²) in [7, 11) is 0. The number of rotatable bonds is 5. The van der Waals surface area contributed by atoms with Crippen LogP contribution in [0.15, 0.2) is 11.6 Å².